The second kappa shape index (κ2) is 11.7. The summed E-state index contributed by atoms with van der Waals surface area (Å²) >= 11 is 0. The Hall–Kier alpha value is -4.39. The van der Waals surface area contributed by atoms with Crippen LogP contribution in [-0.2, 0) is 9.53 Å². The van der Waals surface area contributed by atoms with Crippen LogP contribution in [0.3, 0.4) is 0 Å². The molecule has 2 saturated heterocycles. The third kappa shape index (κ3) is 6.07. The Balaban J connectivity index is 1.07. The molecule has 2 amide bonds. The number of imidazole rings is 1. The average molecular weight is 598 g/mol. The van der Waals surface area contributed by atoms with Gasteiger partial charge in [0, 0.05) is 31.6 Å². The number of anilines is 1. The van der Waals surface area contributed by atoms with Crippen molar-refractivity contribution in [2.75, 3.05) is 18.8 Å². The number of halogens is 2. The molecule has 2 aliphatic heterocycles. The van der Waals surface area contributed by atoms with Crippen molar-refractivity contribution in [1.29, 1.82) is 0 Å². The van der Waals surface area contributed by atoms with Crippen LogP contribution in [0.25, 0.3) is 11.2 Å². The van der Waals surface area contributed by atoms with E-state index in [4.69, 9.17) is 15.2 Å². The van der Waals surface area contributed by atoms with Crippen molar-refractivity contribution in [3.63, 3.8) is 0 Å². The first-order valence-electron chi connectivity index (χ1n) is 13.9. The monoisotopic (exact) mass is 597 g/mol. The third-order valence-corrected chi connectivity index (χ3v) is 7.70. The van der Waals surface area contributed by atoms with E-state index in [0.29, 0.717) is 32.4 Å². The minimum absolute atomic E-state index is 0.0613. The van der Waals surface area contributed by atoms with E-state index in [-0.39, 0.29) is 40.5 Å². The number of nitrogens with two attached hydrogens (primary N) is 1. The molecule has 13 nitrogen and oxygen atoms in total. The van der Waals surface area contributed by atoms with Crippen LogP contribution in [0, 0.1) is 29.4 Å². The number of nitrogen functional groups attached to an aromatic ring is 1. The quantitative estimate of drug-likeness (QED) is 0.313. The molecular weight excluding hydrogens is 568 g/mol. The van der Waals surface area contributed by atoms with Gasteiger partial charge in [-0.1, -0.05) is 5.92 Å². The van der Waals surface area contributed by atoms with Crippen molar-refractivity contribution in [2.45, 2.75) is 62.7 Å². The van der Waals surface area contributed by atoms with Crippen molar-refractivity contribution in [3.05, 3.63) is 42.0 Å². The summed E-state index contributed by atoms with van der Waals surface area (Å²) in [6.07, 6.45) is -0.998. The Kier molecular flexibility index (Phi) is 7.82. The van der Waals surface area contributed by atoms with Gasteiger partial charge in [-0.15, -0.1) is 0 Å². The minimum Gasteiger partial charge on any atom is -0.410 e. The number of aromatic nitrogens is 4. The maximum absolute atomic E-state index is 13.4. The van der Waals surface area contributed by atoms with Crippen LogP contribution in [0.4, 0.5) is 19.4 Å². The van der Waals surface area contributed by atoms with Crippen LogP contribution < -0.4 is 15.8 Å². The van der Waals surface area contributed by atoms with Gasteiger partial charge in [0.15, 0.2) is 35.4 Å². The molecule has 1 saturated carbocycles. The van der Waals surface area contributed by atoms with Crippen molar-refractivity contribution in [3.8, 4) is 17.6 Å². The molecular formula is C28H29F2N7O6. The van der Waals surface area contributed by atoms with E-state index in [2.05, 4.69) is 32.1 Å². The summed E-state index contributed by atoms with van der Waals surface area (Å²) in [6.45, 7) is 0.831. The van der Waals surface area contributed by atoms with Crippen molar-refractivity contribution < 1.29 is 38.1 Å². The van der Waals surface area contributed by atoms with E-state index in [1.165, 1.54) is 21.9 Å². The Morgan fingerprint density at radius 2 is 1.88 bits per heavy atom. The highest BCUT2D eigenvalue weighted by Crippen LogP contribution is 2.33. The van der Waals surface area contributed by atoms with Crippen molar-refractivity contribution >= 4 is 29.0 Å². The molecule has 2 aromatic heterocycles. The molecule has 3 aliphatic rings. The van der Waals surface area contributed by atoms with Gasteiger partial charge in [0.1, 0.15) is 23.5 Å². The molecule has 5 N–H and O–H groups in total. The number of aliphatic hydroxyl groups excluding tert-OH is 2. The largest absolute Gasteiger partial charge is 0.415 e. The normalized spacial score (nSPS) is 24.0. The molecule has 15 heteroatoms. The fourth-order valence-electron chi connectivity index (χ4n) is 5.10. The Bertz CT molecular complexity index is 1610. The molecule has 3 fully saturated rings. The molecule has 3 aromatic rings. The standard InChI is InChI=1S/C28H29F2N7O6/c29-17-7-6-16(12-18(17)30)42-28(41)36-10-8-14(9-11-36)2-1-3-19-34-24(31)20-25(35-19)37(13-32-20)27-22(39)21(38)23(43-27)26(40)33-15-4-5-15/h6-7,12-15,21-23,27,38-39H,2,4-5,8-11H2,(H,33,40)(H2,31,34,35)/t21-,22-,23-,27+/m0/s1. The van der Waals surface area contributed by atoms with Crippen molar-refractivity contribution in [1.82, 2.24) is 29.7 Å². The van der Waals surface area contributed by atoms with Crippen LogP contribution >= 0.6 is 0 Å². The maximum atomic E-state index is 13.4. The van der Waals surface area contributed by atoms with Gasteiger partial charge >= 0.3 is 6.09 Å². The number of hydrogen-bond donors (Lipinski definition) is 4. The van der Waals surface area contributed by atoms with Gasteiger partial charge in [-0.3, -0.25) is 9.36 Å². The number of likely N-dealkylation sites (tertiary alicyclic amines) is 1. The van der Waals surface area contributed by atoms with Crippen molar-refractivity contribution in [2.24, 2.45) is 5.92 Å². The average Bonchev–Trinajstić information content (AvgIpc) is 3.62. The van der Waals surface area contributed by atoms with E-state index in [1.54, 1.807) is 0 Å². The first kappa shape index (κ1) is 28.7. The van der Waals surface area contributed by atoms with Crippen LogP contribution in [0.15, 0.2) is 24.5 Å². The lowest BCUT2D eigenvalue weighted by atomic mass is 9.94. The fourth-order valence-corrected chi connectivity index (χ4v) is 5.10. The summed E-state index contributed by atoms with van der Waals surface area (Å²) in [5.74, 6) is 3.65. The van der Waals surface area contributed by atoms with Gasteiger partial charge < -0.3 is 35.6 Å². The van der Waals surface area contributed by atoms with E-state index in [9.17, 15) is 28.6 Å². The predicted molar refractivity (Wildman–Crippen MR) is 145 cm³/mol. The summed E-state index contributed by atoms with van der Waals surface area (Å²) in [6, 6.07) is 2.97. The molecule has 0 spiro atoms. The summed E-state index contributed by atoms with van der Waals surface area (Å²) < 4.78 is 38.8. The molecule has 0 radical (unpaired) electrons. The summed E-state index contributed by atoms with van der Waals surface area (Å²) in [5, 5.41) is 23.9. The highest BCUT2D eigenvalue weighted by Gasteiger charge is 2.48. The number of aliphatic hydroxyl groups is 2. The lowest BCUT2D eigenvalue weighted by molar-refractivity contribution is -0.137. The number of fused-ring (bicyclic) bond motifs is 1. The Morgan fingerprint density at radius 3 is 2.60 bits per heavy atom. The van der Waals surface area contributed by atoms with E-state index >= 15 is 0 Å². The number of carbonyl (C=O) groups is 2. The zero-order valence-electron chi connectivity index (χ0n) is 22.8. The molecule has 1 aromatic carbocycles. The first-order valence-corrected chi connectivity index (χ1v) is 13.9. The molecule has 0 unspecified atom stereocenters. The van der Waals surface area contributed by atoms with Gasteiger partial charge in [-0.25, -0.2) is 28.5 Å². The molecule has 1 aliphatic carbocycles. The number of hydrogen-bond acceptors (Lipinski definition) is 10. The summed E-state index contributed by atoms with van der Waals surface area (Å²) in [7, 11) is 0. The number of rotatable bonds is 5. The van der Waals surface area contributed by atoms with Crippen LogP contribution in [0.1, 0.15) is 44.2 Å². The summed E-state index contributed by atoms with van der Waals surface area (Å²) in [4.78, 5) is 39.3. The highest BCUT2D eigenvalue weighted by atomic mass is 19.2. The second-order valence-corrected chi connectivity index (χ2v) is 10.8. The van der Waals surface area contributed by atoms with Gasteiger partial charge in [0.25, 0.3) is 5.91 Å². The van der Waals surface area contributed by atoms with E-state index in [0.717, 1.165) is 25.0 Å². The predicted octanol–water partition coefficient (Wildman–Crippen LogP) is 1.24. The number of piperidine rings is 1. The van der Waals surface area contributed by atoms with Gasteiger partial charge in [-0.2, -0.15) is 0 Å². The number of nitrogens with one attached hydrogen (secondary N) is 1. The number of carbonyl (C=O) groups excluding carboxylic acids is 2. The topological polar surface area (TPSA) is 178 Å². The second-order valence-electron chi connectivity index (χ2n) is 10.8. The zero-order chi connectivity index (χ0) is 30.2. The minimum atomic E-state index is -1.45. The van der Waals surface area contributed by atoms with Crippen LogP contribution in [0.2, 0.25) is 0 Å². The Labute approximate surface area is 244 Å². The number of ether oxygens (including phenoxy) is 2. The van der Waals surface area contributed by atoms with Gasteiger partial charge in [0.2, 0.25) is 5.82 Å². The fraction of sp³-hybridized carbons (Fsp3) is 0.464. The summed E-state index contributed by atoms with van der Waals surface area (Å²) in [5.41, 5.74) is 6.58. The molecule has 226 valence electrons. The lowest BCUT2D eigenvalue weighted by Crippen LogP contribution is -2.43. The number of amides is 2. The SMILES string of the molecule is Nc1nc(C#CCC2CCN(C(=O)Oc3ccc(F)c(F)c3)CC2)nc2c1ncn2[C@@H]1O[C@H](C(=O)NC2CC2)[C@@H](O)[C@@H]1O. The number of nitrogens with zero attached hydrogens (tertiary/aromatic N) is 5. The Morgan fingerprint density at radius 1 is 1.12 bits per heavy atom. The van der Waals surface area contributed by atoms with Crippen LogP contribution in [0.5, 0.6) is 5.75 Å². The first-order chi connectivity index (χ1) is 20.7. The molecule has 43 heavy (non-hydrogen) atoms. The molecule has 0 bridgehead atoms. The smallest absolute Gasteiger partial charge is 0.410 e. The lowest BCUT2D eigenvalue weighted by Gasteiger charge is -2.30. The van der Waals surface area contributed by atoms with Gasteiger partial charge in [0.05, 0.1) is 6.33 Å². The zero-order valence-corrected chi connectivity index (χ0v) is 22.8. The van der Waals surface area contributed by atoms with Gasteiger partial charge in [-0.05, 0) is 49.7 Å². The molecule has 4 atom stereocenters. The third-order valence-electron chi connectivity index (χ3n) is 7.70. The van der Waals surface area contributed by atoms with E-state index in [1.807, 2.05) is 0 Å². The highest BCUT2D eigenvalue weighted by molar-refractivity contribution is 5.83. The number of benzene rings is 1. The van der Waals surface area contributed by atoms with E-state index < -0.39 is 48.2 Å². The molecule has 4 heterocycles. The molecule has 6 rings (SSSR count). The van der Waals surface area contributed by atoms with Crippen LogP contribution in [-0.4, -0.2) is 84.1 Å². The maximum Gasteiger partial charge on any atom is 0.415 e.